The molecule has 0 heterocycles. The van der Waals surface area contributed by atoms with Crippen molar-refractivity contribution in [2.24, 2.45) is 0 Å². The lowest BCUT2D eigenvalue weighted by Gasteiger charge is -2.15. The maximum absolute atomic E-state index is 6.21. The molecule has 4 rings (SSSR count). The first-order valence-corrected chi connectivity index (χ1v) is 9.73. The van der Waals surface area contributed by atoms with Crippen LogP contribution in [0.15, 0.2) is 91.0 Å². The molecule has 140 valence electrons. The molecule has 2 heteroatoms. The topological polar surface area (TPSA) is 21.3 Å². The smallest absolute Gasteiger partial charge is 0.124 e. The standard InChI is InChI=1S/C26H25NO/c1-20-11-13-21(14-12-20)17-27-18-25-24-10-6-5-9-23(24)15-16-26(25)28-19-22-7-3-2-4-8-22/h2-16,27H,17-19H2,1H3. The Morgan fingerprint density at radius 2 is 1.43 bits per heavy atom. The van der Waals surface area contributed by atoms with Gasteiger partial charge in [0.25, 0.3) is 0 Å². The Morgan fingerprint density at radius 3 is 2.25 bits per heavy atom. The van der Waals surface area contributed by atoms with Gasteiger partial charge in [-0.2, -0.15) is 0 Å². The lowest BCUT2D eigenvalue weighted by Crippen LogP contribution is -2.14. The Balaban J connectivity index is 1.54. The van der Waals surface area contributed by atoms with Crippen LogP contribution in [0.4, 0.5) is 0 Å². The number of aryl methyl sites for hydroxylation is 1. The maximum Gasteiger partial charge on any atom is 0.124 e. The normalized spacial score (nSPS) is 10.9. The molecule has 0 aliphatic rings. The molecule has 4 aromatic rings. The Bertz CT molecular complexity index is 1040. The fourth-order valence-corrected chi connectivity index (χ4v) is 3.41. The maximum atomic E-state index is 6.21. The summed E-state index contributed by atoms with van der Waals surface area (Å²) in [6.07, 6.45) is 0. The predicted molar refractivity (Wildman–Crippen MR) is 116 cm³/mol. The van der Waals surface area contributed by atoms with E-state index in [0.717, 1.165) is 18.8 Å². The fourth-order valence-electron chi connectivity index (χ4n) is 3.41. The Labute approximate surface area is 166 Å². The van der Waals surface area contributed by atoms with E-state index in [1.165, 1.54) is 33.0 Å². The van der Waals surface area contributed by atoms with Crippen molar-refractivity contribution >= 4 is 10.8 Å². The molecule has 0 aromatic heterocycles. The zero-order chi connectivity index (χ0) is 19.2. The molecule has 28 heavy (non-hydrogen) atoms. The first kappa shape index (κ1) is 18.3. The van der Waals surface area contributed by atoms with E-state index in [0.29, 0.717) is 6.61 Å². The second-order valence-electron chi connectivity index (χ2n) is 7.13. The van der Waals surface area contributed by atoms with E-state index in [1.54, 1.807) is 0 Å². The summed E-state index contributed by atoms with van der Waals surface area (Å²) in [6.45, 7) is 4.29. The van der Waals surface area contributed by atoms with E-state index in [2.05, 4.69) is 85.0 Å². The van der Waals surface area contributed by atoms with Crippen LogP contribution in [0.25, 0.3) is 10.8 Å². The third-order valence-electron chi connectivity index (χ3n) is 4.99. The summed E-state index contributed by atoms with van der Waals surface area (Å²) < 4.78 is 6.21. The van der Waals surface area contributed by atoms with E-state index in [1.807, 2.05) is 18.2 Å². The lowest BCUT2D eigenvalue weighted by molar-refractivity contribution is 0.302. The average Bonchev–Trinajstić information content (AvgIpc) is 2.75. The minimum absolute atomic E-state index is 0.574. The van der Waals surface area contributed by atoms with Gasteiger partial charge in [0.05, 0.1) is 0 Å². The van der Waals surface area contributed by atoms with Gasteiger partial charge in [0, 0.05) is 18.7 Å². The number of ether oxygens (including phenoxy) is 1. The van der Waals surface area contributed by atoms with Gasteiger partial charge in [-0.1, -0.05) is 90.5 Å². The third kappa shape index (κ3) is 4.41. The first-order chi connectivity index (χ1) is 13.8. The average molecular weight is 367 g/mol. The van der Waals surface area contributed by atoms with Crippen LogP contribution in [0.2, 0.25) is 0 Å². The molecule has 0 saturated carbocycles. The van der Waals surface area contributed by atoms with Crippen LogP contribution in [0.1, 0.15) is 22.3 Å². The molecule has 0 aliphatic carbocycles. The second kappa shape index (κ2) is 8.73. The SMILES string of the molecule is Cc1ccc(CNCc2c(OCc3ccccc3)ccc3ccccc23)cc1. The zero-order valence-electron chi connectivity index (χ0n) is 16.2. The number of nitrogens with one attached hydrogen (secondary N) is 1. The highest BCUT2D eigenvalue weighted by atomic mass is 16.5. The highest BCUT2D eigenvalue weighted by Crippen LogP contribution is 2.29. The number of hydrogen-bond acceptors (Lipinski definition) is 2. The van der Waals surface area contributed by atoms with Crippen LogP contribution in [0, 0.1) is 6.92 Å². The summed E-state index contributed by atoms with van der Waals surface area (Å²) in [5, 5.41) is 6.07. The second-order valence-corrected chi connectivity index (χ2v) is 7.13. The van der Waals surface area contributed by atoms with Crippen molar-refractivity contribution in [3.8, 4) is 5.75 Å². The van der Waals surface area contributed by atoms with E-state index in [9.17, 15) is 0 Å². The monoisotopic (exact) mass is 367 g/mol. The van der Waals surface area contributed by atoms with Gasteiger partial charge in [0.2, 0.25) is 0 Å². The molecule has 1 N–H and O–H groups in total. The van der Waals surface area contributed by atoms with Crippen LogP contribution >= 0.6 is 0 Å². The van der Waals surface area contributed by atoms with Gasteiger partial charge in [0.1, 0.15) is 12.4 Å². The minimum Gasteiger partial charge on any atom is -0.489 e. The molecular formula is C26H25NO. The van der Waals surface area contributed by atoms with Crippen LogP contribution in [-0.4, -0.2) is 0 Å². The van der Waals surface area contributed by atoms with E-state index >= 15 is 0 Å². The third-order valence-corrected chi connectivity index (χ3v) is 4.99. The molecule has 0 aliphatic heterocycles. The molecule has 0 saturated heterocycles. The number of hydrogen-bond donors (Lipinski definition) is 1. The molecule has 2 nitrogen and oxygen atoms in total. The van der Waals surface area contributed by atoms with Crippen LogP contribution in [-0.2, 0) is 19.7 Å². The predicted octanol–water partition coefficient (Wildman–Crippen LogP) is 6.02. The number of rotatable bonds is 7. The molecule has 4 aromatic carbocycles. The summed E-state index contributed by atoms with van der Waals surface area (Å²) in [7, 11) is 0. The molecular weight excluding hydrogens is 342 g/mol. The fraction of sp³-hybridized carbons (Fsp3) is 0.154. The van der Waals surface area contributed by atoms with Gasteiger partial charge in [-0.05, 0) is 34.9 Å². The quantitative estimate of drug-likeness (QED) is 0.431. The summed E-state index contributed by atoms with van der Waals surface area (Å²) >= 11 is 0. The van der Waals surface area contributed by atoms with Crippen molar-refractivity contribution in [1.29, 1.82) is 0 Å². The van der Waals surface area contributed by atoms with Gasteiger partial charge < -0.3 is 10.1 Å². The molecule has 0 bridgehead atoms. The number of fused-ring (bicyclic) bond motifs is 1. The van der Waals surface area contributed by atoms with Crippen molar-refractivity contribution in [1.82, 2.24) is 5.32 Å². The van der Waals surface area contributed by atoms with Gasteiger partial charge >= 0.3 is 0 Å². The summed E-state index contributed by atoms with van der Waals surface area (Å²) in [6, 6.07) is 31.7. The Hall–Kier alpha value is -3.10. The summed E-state index contributed by atoms with van der Waals surface area (Å²) in [5.74, 6) is 0.943. The van der Waals surface area contributed by atoms with Crippen LogP contribution in [0.3, 0.4) is 0 Å². The molecule has 0 atom stereocenters. The van der Waals surface area contributed by atoms with Gasteiger partial charge in [-0.3, -0.25) is 0 Å². The molecule has 0 radical (unpaired) electrons. The van der Waals surface area contributed by atoms with Gasteiger partial charge in [-0.15, -0.1) is 0 Å². The molecule has 0 fully saturated rings. The first-order valence-electron chi connectivity index (χ1n) is 9.73. The highest BCUT2D eigenvalue weighted by molar-refractivity contribution is 5.87. The van der Waals surface area contributed by atoms with Crippen molar-refractivity contribution in [2.75, 3.05) is 0 Å². The number of benzene rings is 4. The highest BCUT2D eigenvalue weighted by Gasteiger charge is 2.09. The van der Waals surface area contributed by atoms with Gasteiger partial charge in [0.15, 0.2) is 0 Å². The molecule has 0 amide bonds. The minimum atomic E-state index is 0.574. The Kier molecular flexibility index (Phi) is 5.69. The molecule has 0 unspecified atom stereocenters. The van der Waals surface area contributed by atoms with Crippen molar-refractivity contribution in [3.63, 3.8) is 0 Å². The van der Waals surface area contributed by atoms with Crippen molar-refractivity contribution in [3.05, 3.63) is 113 Å². The van der Waals surface area contributed by atoms with E-state index in [-0.39, 0.29) is 0 Å². The van der Waals surface area contributed by atoms with Crippen molar-refractivity contribution < 1.29 is 4.74 Å². The largest absolute Gasteiger partial charge is 0.489 e. The van der Waals surface area contributed by atoms with Gasteiger partial charge in [-0.25, -0.2) is 0 Å². The molecule has 0 spiro atoms. The van der Waals surface area contributed by atoms with Crippen LogP contribution < -0.4 is 10.1 Å². The van der Waals surface area contributed by atoms with E-state index in [4.69, 9.17) is 4.74 Å². The lowest BCUT2D eigenvalue weighted by atomic mass is 10.0. The van der Waals surface area contributed by atoms with Crippen molar-refractivity contribution in [2.45, 2.75) is 26.6 Å². The summed E-state index contributed by atoms with van der Waals surface area (Å²) in [5.41, 5.74) is 4.96. The van der Waals surface area contributed by atoms with E-state index < -0.39 is 0 Å². The van der Waals surface area contributed by atoms with Crippen LogP contribution in [0.5, 0.6) is 5.75 Å². The summed E-state index contributed by atoms with van der Waals surface area (Å²) in [4.78, 5) is 0. The zero-order valence-corrected chi connectivity index (χ0v) is 16.2. The Morgan fingerprint density at radius 1 is 0.679 bits per heavy atom.